The van der Waals surface area contributed by atoms with Gasteiger partial charge < -0.3 is 20.6 Å². The van der Waals surface area contributed by atoms with Crippen molar-refractivity contribution < 1.29 is 14.7 Å². The lowest BCUT2D eigenvalue weighted by molar-refractivity contribution is -0.141. The van der Waals surface area contributed by atoms with Crippen LogP contribution < -0.4 is 10.6 Å². The molecule has 3 N–H and O–H groups in total. The molecule has 2 amide bonds. The molecule has 0 rings (SSSR count). The van der Waals surface area contributed by atoms with Crippen molar-refractivity contribution in [3.05, 3.63) is 0 Å². The van der Waals surface area contributed by atoms with Crippen molar-refractivity contribution in [2.24, 2.45) is 5.92 Å². The number of carboxylic acid groups (broad SMARTS) is 1. The fourth-order valence-corrected chi connectivity index (χ4v) is 1.49. The molecule has 0 aromatic carbocycles. The number of carbonyl (C=O) groups is 2. The van der Waals surface area contributed by atoms with Crippen LogP contribution in [0.3, 0.4) is 0 Å². The van der Waals surface area contributed by atoms with E-state index in [2.05, 4.69) is 10.6 Å². The molecule has 6 heteroatoms. The highest BCUT2D eigenvalue weighted by Crippen LogP contribution is 2.00. The van der Waals surface area contributed by atoms with Crippen LogP contribution in [-0.4, -0.2) is 55.2 Å². The van der Waals surface area contributed by atoms with Crippen LogP contribution in [0.5, 0.6) is 0 Å². The Balaban J connectivity index is 3.90. The lowest BCUT2D eigenvalue weighted by atomic mass is 10.1. The Hall–Kier alpha value is -1.30. The van der Waals surface area contributed by atoms with E-state index in [0.29, 0.717) is 6.42 Å². The van der Waals surface area contributed by atoms with Crippen molar-refractivity contribution >= 4 is 12.0 Å². The number of likely N-dealkylation sites (N-methyl/N-ethyl adjacent to an activating group) is 1. The van der Waals surface area contributed by atoms with Crippen LogP contribution in [-0.2, 0) is 4.79 Å². The van der Waals surface area contributed by atoms with Crippen LogP contribution in [0.25, 0.3) is 0 Å². The molecule has 0 spiro atoms. The summed E-state index contributed by atoms with van der Waals surface area (Å²) >= 11 is 0. The van der Waals surface area contributed by atoms with Crippen molar-refractivity contribution in [3.63, 3.8) is 0 Å². The number of aliphatic carboxylic acids is 1. The SMILES string of the molecule is CCC(CNC(=O)NC(C)CN(C)C)C(=O)O. The average molecular weight is 245 g/mol. The van der Waals surface area contributed by atoms with Gasteiger partial charge in [-0.3, -0.25) is 4.79 Å². The first-order valence-corrected chi connectivity index (χ1v) is 5.78. The summed E-state index contributed by atoms with van der Waals surface area (Å²) in [6, 6.07) is -0.297. The van der Waals surface area contributed by atoms with Gasteiger partial charge in [-0.2, -0.15) is 0 Å². The summed E-state index contributed by atoms with van der Waals surface area (Å²) in [5, 5.41) is 14.1. The van der Waals surface area contributed by atoms with E-state index in [1.165, 1.54) is 0 Å². The summed E-state index contributed by atoms with van der Waals surface area (Å²) in [5.41, 5.74) is 0. The molecule has 0 aliphatic heterocycles. The molecular weight excluding hydrogens is 222 g/mol. The molecule has 0 bridgehead atoms. The van der Waals surface area contributed by atoms with Gasteiger partial charge in [0.15, 0.2) is 0 Å². The topological polar surface area (TPSA) is 81.7 Å². The van der Waals surface area contributed by atoms with Crippen molar-refractivity contribution in [1.82, 2.24) is 15.5 Å². The van der Waals surface area contributed by atoms with Crippen LogP contribution in [0, 0.1) is 5.92 Å². The maximum absolute atomic E-state index is 11.4. The standard InChI is InChI=1S/C11H23N3O3/c1-5-9(10(15)16)6-12-11(17)13-8(2)7-14(3)4/h8-9H,5-7H2,1-4H3,(H,15,16)(H2,12,13,17). The lowest BCUT2D eigenvalue weighted by Crippen LogP contribution is -2.46. The quantitative estimate of drug-likeness (QED) is 0.604. The second-order valence-corrected chi connectivity index (χ2v) is 4.46. The van der Waals surface area contributed by atoms with Gasteiger partial charge in [0, 0.05) is 19.1 Å². The van der Waals surface area contributed by atoms with E-state index in [4.69, 9.17) is 5.11 Å². The summed E-state index contributed by atoms with van der Waals surface area (Å²) < 4.78 is 0. The van der Waals surface area contributed by atoms with E-state index < -0.39 is 11.9 Å². The van der Waals surface area contributed by atoms with Crippen LogP contribution in [0.4, 0.5) is 4.79 Å². The number of urea groups is 1. The Morgan fingerprint density at radius 2 is 1.94 bits per heavy atom. The van der Waals surface area contributed by atoms with E-state index in [1.54, 1.807) is 6.92 Å². The van der Waals surface area contributed by atoms with Gasteiger partial charge in [-0.15, -0.1) is 0 Å². The lowest BCUT2D eigenvalue weighted by Gasteiger charge is -2.19. The highest BCUT2D eigenvalue weighted by Gasteiger charge is 2.16. The molecule has 0 fully saturated rings. The number of hydrogen-bond donors (Lipinski definition) is 3. The van der Waals surface area contributed by atoms with E-state index in [-0.39, 0.29) is 18.6 Å². The summed E-state index contributed by atoms with van der Waals surface area (Å²) in [4.78, 5) is 24.1. The number of nitrogens with zero attached hydrogens (tertiary/aromatic N) is 1. The zero-order valence-corrected chi connectivity index (χ0v) is 11.0. The third kappa shape index (κ3) is 7.57. The van der Waals surface area contributed by atoms with Gasteiger partial charge in [0.05, 0.1) is 5.92 Å². The van der Waals surface area contributed by atoms with Crippen molar-refractivity contribution in [2.45, 2.75) is 26.3 Å². The molecule has 0 aliphatic rings. The minimum atomic E-state index is -0.880. The smallest absolute Gasteiger partial charge is 0.315 e. The molecule has 0 aliphatic carbocycles. The fraction of sp³-hybridized carbons (Fsp3) is 0.818. The fourth-order valence-electron chi connectivity index (χ4n) is 1.49. The first-order valence-electron chi connectivity index (χ1n) is 5.78. The maximum atomic E-state index is 11.4. The monoisotopic (exact) mass is 245 g/mol. The third-order valence-electron chi connectivity index (χ3n) is 2.37. The Kier molecular flexibility index (Phi) is 7.29. The number of nitrogens with one attached hydrogen (secondary N) is 2. The molecule has 0 saturated carbocycles. The highest BCUT2D eigenvalue weighted by atomic mass is 16.4. The van der Waals surface area contributed by atoms with Gasteiger partial charge in [0.25, 0.3) is 0 Å². The molecule has 2 atom stereocenters. The molecule has 100 valence electrons. The molecule has 6 nitrogen and oxygen atoms in total. The van der Waals surface area contributed by atoms with Crippen LogP contribution in [0.2, 0.25) is 0 Å². The first-order chi connectivity index (χ1) is 7.86. The van der Waals surface area contributed by atoms with Gasteiger partial charge >= 0.3 is 12.0 Å². The Labute approximate surface area is 102 Å². The molecule has 0 aromatic rings. The Morgan fingerprint density at radius 1 is 1.35 bits per heavy atom. The van der Waals surface area contributed by atoms with E-state index in [1.807, 2.05) is 25.9 Å². The Morgan fingerprint density at radius 3 is 2.35 bits per heavy atom. The van der Waals surface area contributed by atoms with Crippen LogP contribution in [0.15, 0.2) is 0 Å². The number of amides is 2. The van der Waals surface area contributed by atoms with E-state index >= 15 is 0 Å². The highest BCUT2D eigenvalue weighted by molar-refractivity contribution is 5.76. The average Bonchev–Trinajstić information content (AvgIpc) is 2.16. The Bertz CT molecular complexity index is 256. The number of carboxylic acids is 1. The summed E-state index contributed by atoms with van der Waals surface area (Å²) in [7, 11) is 3.85. The predicted octanol–water partition coefficient (Wildman–Crippen LogP) is 0.347. The van der Waals surface area contributed by atoms with Gasteiger partial charge in [-0.1, -0.05) is 6.92 Å². The van der Waals surface area contributed by atoms with Gasteiger partial charge in [0.1, 0.15) is 0 Å². The van der Waals surface area contributed by atoms with Gasteiger partial charge in [-0.05, 0) is 27.4 Å². The molecule has 17 heavy (non-hydrogen) atoms. The number of hydrogen-bond acceptors (Lipinski definition) is 3. The zero-order chi connectivity index (χ0) is 13.4. The molecular formula is C11H23N3O3. The molecule has 0 heterocycles. The van der Waals surface area contributed by atoms with Crippen molar-refractivity contribution in [1.29, 1.82) is 0 Å². The minimum Gasteiger partial charge on any atom is -0.481 e. The predicted molar refractivity (Wildman–Crippen MR) is 66.0 cm³/mol. The largest absolute Gasteiger partial charge is 0.481 e. The van der Waals surface area contributed by atoms with Crippen LogP contribution >= 0.6 is 0 Å². The zero-order valence-electron chi connectivity index (χ0n) is 11.0. The second-order valence-electron chi connectivity index (χ2n) is 4.46. The number of rotatable bonds is 7. The van der Waals surface area contributed by atoms with E-state index in [0.717, 1.165) is 6.54 Å². The third-order valence-corrected chi connectivity index (χ3v) is 2.37. The van der Waals surface area contributed by atoms with Crippen molar-refractivity contribution in [2.75, 3.05) is 27.2 Å². The van der Waals surface area contributed by atoms with E-state index in [9.17, 15) is 9.59 Å². The van der Waals surface area contributed by atoms with Gasteiger partial charge in [-0.25, -0.2) is 4.79 Å². The minimum absolute atomic E-state index is 0.0231. The molecule has 0 radical (unpaired) electrons. The molecule has 0 saturated heterocycles. The summed E-state index contributed by atoms with van der Waals surface area (Å²) in [5.74, 6) is -1.40. The maximum Gasteiger partial charge on any atom is 0.315 e. The summed E-state index contributed by atoms with van der Waals surface area (Å²) in [6.07, 6.45) is 0.503. The molecule has 0 aromatic heterocycles. The molecule has 2 unspecified atom stereocenters. The normalized spacial score (nSPS) is 14.2. The second kappa shape index (κ2) is 7.89. The first kappa shape index (κ1) is 15.7. The van der Waals surface area contributed by atoms with Gasteiger partial charge in [0.2, 0.25) is 0 Å². The summed E-state index contributed by atoms with van der Waals surface area (Å²) in [6.45, 7) is 4.58. The van der Waals surface area contributed by atoms with Crippen LogP contribution in [0.1, 0.15) is 20.3 Å². The van der Waals surface area contributed by atoms with Crippen molar-refractivity contribution in [3.8, 4) is 0 Å². The number of carbonyl (C=O) groups excluding carboxylic acids is 1.